The molecule has 84 valence electrons. The number of likely N-dealkylation sites (tertiary alicyclic amines) is 1. The third-order valence-corrected chi connectivity index (χ3v) is 3.14. The highest BCUT2D eigenvalue weighted by molar-refractivity contribution is 4.98. The van der Waals surface area contributed by atoms with Gasteiger partial charge in [0.15, 0.2) is 0 Å². The summed E-state index contributed by atoms with van der Waals surface area (Å²) in [5, 5.41) is 16.0. The summed E-state index contributed by atoms with van der Waals surface area (Å²) in [5.41, 5.74) is 1.17. The van der Waals surface area contributed by atoms with Crippen LogP contribution in [0.1, 0.15) is 31.4 Å². The molecule has 1 fully saturated rings. The Morgan fingerprint density at radius 2 is 2.47 bits per heavy atom. The van der Waals surface area contributed by atoms with Crippen molar-refractivity contribution in [3.63, 3.8) is 0 Å². The molecule has 0 spiro atoms. The number of aliphatic hydroxyl groups is 1. The van der Waals surface area contributed by atoms with Crippen LogP contribution in [-0.2, 0) is 6.54 Å². The van der Waals surface area contributed by atoms with Gasteiger partial charge in [0, 0.05) is 31.1 Å². The maximum atomic E-state index is 9.02. The lowest BCUT2D eigenvalue weighted by molar-refractivity contribution is 0.111. The van der Waals surface area contributed by atoms with E-state index in [0.29, 0.717) is 12.6 Å². The second-order valence-electron chi connectivity index (χ2n) is 4.21. The Balaban J connectivity index is 1.92. The minimum Gasteiger partial charge on any atom is -0.396 e. The molecular formula is C11H19N3O. The molecule has 0 radical (unpaired) electrons. The Labute approximate surface area is 90.3 Å². The lowest BCUT2D eigenvalue weighted by Crippen LogP contribution is -2.39. The van der Waals surface area contributed by atoms with Crippen LogP contribution in [-0.4, -0.2) is 39.4 Å². The molecule has 4 nitrogen and oxygen atoms in total. The van der Waals surface area contributed by atoms with Crippen LogP contribution < -0.4 is 0 Å². The summed E-state index contributed by atoms with van der Waals surface area (Å²) in [6, 6.07) is 2.57. The molecule has 0 aromatic carbocycles. The molecule has 2 heterocycles. The smallest absolute Gasteiger partial charge is 0.0492 e. The first-order valence-electron chi connectivity index (χ1n) is 5.73. The summed E-state index contributed by atoms with van der Waals surface area (Å²) >= 11 is 0. The number of hydrogen-bond acceptors (Lipinski definition) is 3. The van der Waals surface area contributed by atoms with Crippen molar-refractivity contribution >= 4 is 0 Å². The number of H-pyrrole nitrogens is 1. The molecule has 2 N–H and O–H groups in total. The quantitative estimate of drug-likeness (QED) is 0.782. The highest BCUT2D eigenvalue weighted by Crippen LogP contribution is 2.20. The minimum atomic E-state index is 0.296. The topological polar surface area (TPSA) is 52.1 Å². The first-order chi connectivity index (χ1) is 7.40. The fraction of sp³-hybridized carbons (Fsp3) is 0.727. The molecule has 1 atom stereocenters. The first-order valence-corrected chi connectivity index (χ1v) is 5.73. The second kappa shape index (κ2) is 5.28. The van der Waals surface area contributed by atoms with Gasteiger partial charge in [-0.15, -0.1) is 0 Å². The van der Waals surface area contributed by atoms with Gasteiger partial charge in [-0.2, -0.15) is 5.10 Å². The van der Waals surface area contributed by atoms with Crippen molar-refractivity contribution < 1.29 is 5.11 Å². The van der Waals surface area contributed by atoms with Gasteiger partial charge in [0.2, 0.25) is 0 Å². The Morgan fingerprint density at radius 3 is 3.20 bits per heavy atom. The Kier molecular flexibility index (Phi) is 3.75. The average Bonchev–Trinajstić information content (AvgIpc) is 2.74. The SMILES string of the molecule is OCCC1CCCCN1Cc1ccn[nH]1. The van der Waals surface area contributed by atoms with E-state index in [2.05, 4.69) is 15.1 Å². The number of hydrogen-bond donors (Lipinski definition) is 2. The molecule has 0 bridgehead atoms. The molecule has 1 aliphatic rings. The van der Waals surface area contributed by atoms with Crippen LogP contribution in [0.3, 0.4) is 0 Å². The van der Waals surface area contributed by atoms with Gasteiger partial charge in [-0.05, 0) is 31.9 Å². The lowest BCUT2D eigenvalue weighted by atomic mass is 9.99. The van der Waals surface area contributed by atoms with E-state index < -0.39 is 0 Å². The molecule has 2 rings (SSSR count). The molecule has 1 saturated heterocycles. The molecule has 0 aliphatic carbocycles. The third-order valence-electron chi connectivity index (χ3n) is 3.14. The summed E-state index contributed by atoms with van der Waals surface area (Å²) in [6.07, 6.45) is 6.48. The van der Waals surface area contributed by atoms with Gasteiger partial charge in [0.1, 0.15) is 0 Å². The molecule has 15 heavy (non-hydrogen) atoms. The number of aliphatic hydroxyl groups excluding tert-OH is 1. The van der Waals surface area contributed by atoms with Crippen LogP contribution in [0, 0.1) is 0 Å². The van der Waals surface area contributed by atoms with Gasteiger partial charge < -0.3 is 5.11 Å². The number of nitrogens with one attached hydrogen (secondary N) is 1. The van der Waals surface area contributed by atoms with Gasteiger partial charge in [-0.1, -0.05) is 6.42 Å². The summed E-state index contributed by atoms with van der Waals surface area (Å²) in [4.78, 5) is 2.45. The number of piperidine rings is 1. The van der Waals surface area contributed by atoms with Gasteiger partial charge in [0.05, 0.1) is 0 Å². The predicted octanol–water partition coefficient (Wildman–Crippen LogP) is 1.15. The van der Waals surface area contributed by atoms with Crippen molar-refractivity contribution in [1.82, 2.24) is 15.1 Å². The number of rotatable bonds is 4. The zero-order valence-corrected chi connectivity index (χ0v) is 9.02. The van der Waals surface area contributed by atoms with E-state index in [1.807, 2.05) is 6.07 Å². The van der Waals surface area contributed by atoms with Crippen LogP contribution in [0.15, 0.2) is 12.3 Å². The molecule has 4 heteroatoms. The van der Waals surface area contributed by atoms with Gasteiger partial charge in [-0.3, -0.25) is 10.00 Å². The highest BCUT2D eigenvalue weighted by atomic mass is 16.3. The number of aromatic amines is 1. The fourth-order valence-corrected chi connectivity index (χ4v) is 2.34. The van der Waals surface area contributed by atoms with Crippen molar-refractivity contribution in [2.24, 2.45) is 0 Å². The van der Waals surface area contributed by atoms with Crippen LogP contribution >= 0.6 is 0 Å². The average molecular weight is 209 g/mol. The molecular weight excluding hydrogens is 190 g/mol. The second-order valence-corrected chi connectivity index (χ2v) is 4.21. The van der Waals surface area contributed by atoms with E-state index in [4.69, 9.17) is 5.11 Å². The zero-order chi connectivity index (χ0) is 10.5. The van der Waals surface area contributed by atoms with E-state index in [1.165, 1.54) is 25.0 Å². The maximum Gasteiger partial charge on any atom is 0.0492 e. The van der Waals surface area contributed by atoms with E-state index in [9.17, 15) is 0 Å². The monoisotopic (exact) mass is 209 g/mol. The fourth-order valence-electron chi connectivity index (χ4n) is 2.34. The first kappa shape index (κ1) is 10.6. The summed E-state index contributed by atoms with van der Waals surface area (Å²) in [6.45, 7) is 2.37. The van der Waals surface area contributed by atoms with Gasteiger partial charge in [-0.25, -0.2) is 0 Å². The van der Waals surface area contributed by atoms with Gasteiger partial charge >= 0.3 is 0 Å². The molecule has 0 saturated carbocycles. The summed E-state index contributed by atoms with van der Waals surface area (Å²) in [7, 11) is 0. The molecule has 0 amide bonds. The van der Waals surface area contributed by atoms with Crippen molar-refractivity contribution in [1.29, 1.82) is 0 Å². The largest absolute Gasteiger partial charge is 0.396 e. The van der Waals surface area contributed by atoms with Crippen LogP contribution in [0.5, 0.6) is 0 Å². The van der Waals surface area contributed by atoms with Crippen LogP contribution in [0.4, 0.5) is 0 Å². The van der Waals surface area contributed by atoms with Crippen molar-refractivity contribution in [2.45, 2.75) is 38.3 Å². The Morgan fingerprint density at radius 1 is 1.53 bits per heavy atom. The molecule has 1 aromatic heterocycles. The molecule has 1 aliphatic heterocycles. The summed E-state index contributed by atoms with van der Waals surface area (Å²) < 4.78 is 0. The van der Waals surface area contributed by atoms with Crippen molar-refractivity contribution in [3.8, 4) is 0 Å². The van der Waals surface area contributed by atoms with Crippen molar-refractivity contribution in [2.75, 3.05) is 13.2 Å². The summed E-state index contributed by atoms with van der Waals surface area (Å²) in [5.74, 6) is 0. The molecule has 1 unspecified atom stereocenters. The zero-order valence-electron chi connectivity index (χ0n) is 9.02. The van der Waals surface area contributed by atoms with E-state index in [1.54, 1.807) is 6.20 Å². The molecule has 1 aromatic rings. The number of nitrogens with zero attached hydrogens (tertiary/aromatic N) is 2. The van der Waals surface area contributed by atoms with E-state index in [0.717, 1.165) is 19.5 Å². The van der Waals surface area contributed by atoms with Crippen molar-refractivity contribution in [3.05, 3.63) is 18.0 Å². The van der Waals surface area contributed by atoms with Gasteiger partial charge in [0.25, 0.3) is 0 Å². The Bertz CT molecular complexity index is 271. The van der Waals surface area contributed by atoms with E-state index >= 15 is 0 Å². The maximum absolute atomic E-state index is 9.02. The minimum absolute atomic E-state index is 0.296. The predicted molar refractivity (Wildman–Crippen MR) is 58.3 cm³/mol. The standard InChI is InChI=1S/C11H19N3O/c15-8-5-11-3-1-2-7-14(11)9-10-4-6-12-13-10/h4,6,11,15H,1-3,5,7-9H2,(H,12,13). The third kappa shape index (κ3) is 2.79. The number of aromatic nitrogens is 2. The van der Waals surface area contributed by atoms with Crippen LogP contribution in [0.25, 0.3) is 0 Å². The Hall–Kier alpha value is -0.870. The van der Waals surface area contributed by atoms with Crippen LogP contribution in [0.2, 0.25) is 0 Å². The highest BCUT2D eigenvalue weighted by Gasteiger charge is 2.21. The lowest BCUT2D eigenvalue weighted by Gasteiger charge is -2.35. The normalized spacial score (nSPS) is 23.1. The van der Waals surface area contributed by atoms with E-state index in [-0.39, 0.29) is 0 Å².